The second-order valence-electron chi connectivity index (χ2n) is 7.81. The summed E-state index contributed by atoms with van der Waals surface area (Å²) in [7, 11) is 0. The van der Waals surface area contributed by atoms with Crippen molar-refractivity contribution >= 4 is 28.3 Å². The molecular weight excluding hydrogens is 362 g/mol. The zero-order chi connectivity index (χ0) is 18.6. The van der Waals surface area contributed by atoms with Crippen LogP contribution in [-0.2, 0) is 4.79 Å². The first-order chi connectivity index (χ1) is 13.0. The number of hydrogen-bond donors (Lipinski definition) is 2. The molecule has 3 saturated carbocycles. The zero-order valence-corrected chi connectivity index (χ0v) is 15.8. The topological polar surface area (TPSA) is 80.3 Å². The molecule has 1 aromatic heterocycles. The Bertz CT molecular complexity index is 927. The molecule has 140 valence electrons. The first-order valence-corrected chi connectivity index (χ1v) is 10.3. The molecule has 2 bridgehead atoms. The fourth-order valence-corrected chi connectivity index (χ4v) is 5.58. The monoisotopic (exact) mass is 383 g/mol. The van der Waals surface area contributed by atoms with Gasteiger partial charge < -0.3 is 15.4 Å². The third-order valence-corrected chi connectivity index (χ3v) is 7.03. The van der Waals surface area contributed by atoms with Gasteiger partial charge in [0.25, 0.3) is 5.91 Å². The van der Waals surface area contributed by atoms with Crippen LogP contribution in [-0.4, -0.2) is 22.5 Å². The van der Waals surface area contributed by atoms with Crippen molar-refractivity contribution in [2.24, 2.45) is 17.8 Å². The molecular formula is C20H21N3O3S. The van der Waals surface area contributed by atoms with E-state index in [-0.39, 0.29) is 29.6 Å². The summed E-state index contributed by atoms with van der Waals surface area (Å²) in [5.41, 5.74) is 0.817. The van der Waals surface area contributed by atoms with Gasteiger partial charge >= 0.3 is 0 Å². The van der Waals surface area contributed by atoms with E-state index >= 15 is 0 Å². The number of aromatic nitrogens is 1. The SMILES string of the molecule is Cc1csc(NC(=O)[C@@H]2C[C@H]3CC[C@H]2C[C@@]32NC(=O)c3ccccc3O2)n1. The number of nitrogens with one attached hydrogen (secondary N) is 2. The smallest absolute Gasteiger partial charge is 0.258 e. The minimum atomic E-state index is -0.678. The molecule has 2 N–H and O–H groups in total. The van der Waals surface area contributed by atoms with Crippen LogP contribution < -0.4 is 15.4 Å². The lowest BCUT2D eigenvalue weighted by molar-refractivity contribution is -0.142. The number of rotatable bonds is 2. The van der Waals surface area contributed by atoms with Crippen molar-refractivity contribution in [3.05, 3.63) is 40.9 Å². The van der Waals surface area contributed by atoms with Crippen molar-refractivity contribution < 1.29 is 14.3 Å². The van der Waals surface area contributed by atoms with Gasteiger partial charge in [-0.15, -0.1) is 11.3 Å². The molecule has 0 radical (unpaired) electrons. The Kier molecular flexibility index (Phi) is 3.75. The van der Waals surface area contributed by atoms with E-state index in [9.17, 15) is 9.59 Å². The van der Waals surface area contributed by atoms with Crippen LogP contribution in [0.2, 0.25) is 0 Å². The predicted molar refractivity (Wildman–Crippen MR) is 102 cm³/mol. The standard InChI is InChI=1S/C20H21N3O3S/c1-11-10-27-19(21-11)22-17(24)15-8-13-7-6-12(15)9-20(13)23-18(25)14-4-2-3-5-16(14)26-20/h2-5,10,12-13,15H,6-9H2,1H3,(H,23,25)(H,21,22,24)/t12-,13+,15+,20-/m0/s1. The Labute approximate surface area is 161 Å². The number of para-hydroxylation sites is 1. The number of fused-ring (bicyclic) bond motifs is 3. The number of ether oxygens (including phenoxy) is 1. The fourth-order valence-electron chi connectivity index (χ4n) is 4.89. The third kappa shape index (κ3) is 2.72. The molecule has 2 heterocycles. The van der Waals surface area contributed by atoms with Crippen LogP contribution in [0.5, 0.6) is 5.75 Å². The summed E-state index contributed by atoms with van der Waals surface area (Å²) < 4.78 is 6.34. The van der Waals surface area contributed by atoms with Crippen LogP contribution in [0.15, 0.2) is 29.6 Å². The molecule has 3 aliphatic carbocycles. The number of carbonyl (C=O) groups is 2. The average Bonchev–Trinajstić information content (AvgIpc) is 3.06. The normalized spacial score (nSPS) is 31.1. The maximum atomic E-state index is 12.8. The van der Waals surface area contributed by atoms with Crippen LogP contribution in [0, 0.1) is 24.7 Å². The molecule has 1 aliphatic heterocycles. The largest absolute Gasteiger partial charge is 0.467 e. The average molecular weight is 383 g/mol. The van der Waals surface area contributed by atoms with Crippen LogP contribution >= 0.6 is 11.3 Å². The van der Waals surface area contributed by atoms with Crippen molar-refractivity contribution in [1.82, 2.24) is 10.3 Å². The predicted octanol–water partition coefficient (Wildman–Crippen LogP) is 3.34. The molecule has 1 aromatic carbocycles. The van der Waals surface area contributed by atoms with E-state index in [1.165, 1.54) is 11.3 Å². The Morgan fingerprint density at radius 3 is 2.96 bits per heavy atom. The highest BCUT2D eigenvalue weighted by Crippen LogP contribution is 2.52. The van der Waals surface area contributed by atoms with Gasteiger partial charge in [-0.05, 0) is 44.2 Å². The van der Waals surface area contributed by atoms with Crippen LogP contribution in [0.1, 0.15) is 41.7 Å². The van der Waals surface area contributed by atoms with Gasteiger partial charge in [-0.1, -0.05) is 12.1 Å². The van der Waals surface area contributed by atoms with E-state index in [1.807, 2.05) is 30.5 Å². The van der Waals surface area contributed by atoms with Gasteiger partial charge in [-0.25, -0.2) is 4.98 Å². The minimum absolute atomic E-state index is 0.0384. The van der Waals surface area contributed by atoms with E-state index in [0.717, 1.165) is 25.0 Å². The molecule has 0 unspecified atom stereocenters. The molecule has 6 rings (SSSR count). The second kappa shape index (κ2) is 6.05. The van der Waals surface area contributed by atoms with Gasteiger partial charge in [-0.3, -0.25) is 9.59 Å². The molecule has 4 aliphatic rings. The van der Waals surface area contributed by atoms with Gasteiger partial charge in [-0.2, -0.15) is 0 Å². The summed E-state index contributed by atoms with van der Waals surface area (Å²) in [6.45, 7) is 1.92. The van der Waals surface area contributed by atoms with Crippen molar-refractivity contribution in [2.75, 3.05) is 5.32 Å². The van der Waals surface area contributed by atoms with E-state index in [0.29, 0.717) is 22.9 Å². The van der Waals surface area contributed by atoms with Crippen molar-refractivity contribution in [2.45, 2.75) is 38.3 Å². The number of amides is 2. The van der Waals surface area contributed by atoms with Gasteiger partial charge in [0.15, 0.2) is 10.9 Å². The lowest BCUT2D eigenvalue weighted by Gasteiger charge is -2.55. The molecule has 27 heavy (non-hydrogen) atoms. The van der Waals surface area contributed by atoms with Gasteiger partial charge in [0.2, 0.25) is 5.91 Å². The van der Waals surface area contributed by atoms with E-state index in [4.69, 9.17) is 4.74 Å². The molecule has 7 heteroatoms. The number of hydrogen-bond acceptors (Lipinski definition) is 5. The zero-order valence-electron chi connectivity index (χ0n) is 15.0. The van der Waals surface area contributed by atoms with E-state index in [2.05, 4.69) is 15.6 Å². The third-order valence-electron chi connectivity index (χ3n) is 6.15. The van der Waals surface area contributed by atoms with Crippen molar-refractivity contribution in [3.63, 3.8) is 0 Å². The highest BCUT2D eigenvalue weighted by molar-refractivity contribution is 7.13. The van der Waals surface area contributed by atoms with Gasteiger partial charge in [0, 0.05) is 23.6 Å². The molecule has 3 fully saturated rings. The maximum absolute atomic E-state index is 12.8. The Morgan fingerprint density at radius 2 is 2.22 bits per heavy atom. The molecule has 0 saturated heterocycles. The number of nitrogens with zero attached hydrogens (tertiary/aromatic N) is 1. The van der Waals surface area contributed by atoms with E-state index < -0.39 is 5.72 Å². The highest BCUT2D eigenvalue weighted by Gasteiger charge is 2.57. The Balaban J connectivity index is 1.36. The number of aryl methyl sites for hydroxylation is 1. The molecule has 4 atom stereocenters. The number of benzene rings is 1. The minimum Gasteiger partial charge on any atom is -0.467 e. The van der Waals surface area contributed by atoms with Crippen LogP contribution in [0.25, 0.3) is 0 Å². The summed E-state index contributed by atoms with van der Waals surface area (Å²) in [6, 6.07) is 7.37. The van der Waals surface area contributed by atoms with Crippen LogP contribution in [0.3, 0.4) is 0 Å². The van der Waals surface area contributed by atoms with Gasteiger partial charge in [0.1, 0.15) is 5.75 Å². The van der Waals surface area contributed by atoms with Crippen molar-refractivity contribution in [1.29, 1.82) is 0 Å². The molecule has 1 spiro atoms. The molecule has 2 aromatic rings. The molecule has 6 nitrogen and oxygen atoms in total. The lowest BCUT2D eigenvalue weighted by atomic mass is 9.60. The first-order valence-electron chi connectivity index (χ1n) is 9.38. The first kappa shape index (κ1) is 16.7. The Hall–Kier alpha value is -2.41. The lowest BCUT2D eigenvalue weighted by Crippen LogP contribution is -2.66. The van der Waals surface area contributed by atoms with Gasteiger partial charge in [0.05, 0.1) is 11.3 Å². The summed E-state index contributed by atoms with van der Waals surface area (Å²) in [6.07, 6.45) is 3.35. The maximum Gasteiger partial charge on any atom is 0.258 e. The van der Waals surface area contributed by atoms with Crippen LogP contribution in [0.4, 0.5) is 5.13 Å². The quantitative estimate of drug-likeness (QED) is 0.833. The summed E-state index contributed by atoms with van der Waals surface area (Å²) in [5, 5.41) is 8.69. The number of anilines is 1. The highest BCUT2D eigenvalue weighted by atomic mass is 32.1. The molecule has 2 amide bonds. The summed E-state index contributed by atoms with van der Waals surface area (Å²) in [5.74, 6) is 0.875. The summed E-state index contributed by atoms with van der Waals surface area (Å²) in [4.78, 5) is 29.8. The number of carbonyl (C=O) groups excluding carboxylic acids is 2. The Morgan fingerprint density at radius 1 is 1.37 bits per heavy atom. The van der Waals surface area contributed by atoms with E-state index in [1.54, 1.807) is 6.07 Å². The van der Waals surface area contributed by atoms with Crippen molar-refractivity contribution in [3.8, 4) is 5.75 Å². The number of thiazole rings is 1. The second-order valence-corrected chi connectivity index (χ2v) is 8.66. The fraction of sp³-hybridized carbons (Fsp3) is 0.450. The summed E-state index contributed by atoms with van der Waals surface area (Å²) >= 11 is 1.45.